The molecule has 0 aliphatic carbocycles. The van der Waals surface area contributed by atoms with Crippen LogP contribution in [-0.4, -0.2) is 40.2 Å². The predicted octanol–water partition coefficient (Wildman–Crippen LogP) is 1.90. The Morgan fingerprint density at radius 2 is 1.88 bits per heavy atom. The molecule has 1 aliphatic rings. The number of halogens is 1. The molecule has 2 nitrogen and oxygen atoms in total. The molecule has 1 saturated heterocycles. The first-order chi connectivity index (χ1) is 8.24. The number of nitrogens with zero attached hydrogens (tertiary/aromatic N) is 1. The van der Waals surface area contributed by atoms with Gasteiger partial charge in [0.25, 0.3) is 0 Å². The molecule has 1 heterocycles. The largest absolute Gasteiger partial charge is 0.298 e. The third-order valence-corrected chi connectivity index (χ3v) is 4.09. The number of hydrogen-bond donors (Lipinski definition) is 0. The van der Waals surface area contributed by atoms with E-state index in [1.54, 1.807) is 12.1 Å². The SMILES string of the molecule is O=S1CCN(C/C=C/c2ccc(F)cc2)CC1. The summed E-state index contributed by atoms with van der Waals surface area (Å²) >= 11 is 0. The lowest BCUT2D eigenvalue weighted by molar-refractivity contribution is 0.332. The van der Waals surface area contributed by atoms with E-state index in [2.05, 4.69) is 11.0 Å². The molecule has 0 radical (unpaired) electrons. The fraction of sp³-hybridized carbons (Fsp3) is 0.385. The van der Waals surface area contributed by atoms with Crippen molar-refractivity contribution in [2.75, 3.05) is 31.1 Å². The highest BCUT2D eigenvalue weighted by molar-refractivity contribution is 7.85. The van der Waals surface area contributed by atoms with Gasteiger partial charge in [-0.25, -0.2) is 4.39 Å². The van der Waals surface area contributed by atoms with Crippen LogP contribution in [0.5, 0.6) is 0 Å². The Morgan fingerprint density at radius 3 is 2.53 bits per heavy atom. The molecule has 1 aromatic rings. The monoisotopic (exact) mass is 253 g/mol. The Kier molecular flexibility index (Phi) is 4.45. The minimum atomic E-state index is -0.612. The summed E-state index contributed by atoms with van der Waals surface area (Å²) in [4.78, 5) is 2.28. The van der Waals surface area contributed by atoms with Crippen molar-refractivity contribution in [3.8, 4) is 0 Å². The van der Waals surface area contributed by atoms with Gasteiger partial charge in [0.15, 0.2) is 0 Å². The topological polar surface area (TPSA) is 20.3 Å². The molecule has 17 heavy (non-hydrogen) atoms. The zero-order valence-electron chi connectivity index (χ0n) is 9.64. The van der Waals surface area contributed by atoms with Gasteiger partial charge < -0.3 is 0 Å². The van der Waals surface area contributed by atoms with Gasteiger partial charge in [-0.3, -0.25) is 9.11 Å². The summed E-state index contributed by atoms with van der Waals surface area (Å²) in [6, 6.07) is 6.45. The summed E-state index contributed by atoms with van der Waals surface area (Å²) in [5.41, 5.74) is 1.01. The van der Waals surface area contributed by atoms with Crippen molar-refractivity contribution in [1.29, 1.82) is 0 Å². The molecule has 0 amide bonds. The Hall–Kier alpha value is -1.00. The van der Waals surface area contributed by atoms with Crippen LogP contribution < -0.4 is 0 Å². The lowest BCUT2D eigenvalue weighted by Gasteiger charge is -2.24. The Bertz CT molecular complexity index is 406. The first-order valence-electron chi connectivity index (χ1n) is 5.73. The molecule has 0 bridgehead atoms. The summed E-state index contributed by atoms with van der Waals surface area (Å²) in [5, 5.41) is 0. The van der Waals surface area contributed by atoms with Crippen LogP contribution in [0.15, 0.2) is 30.3 Å². The standard InChI is InChI=1S/C13H16FNOS/c14-13-5-3-12(4-6-13)2-1-7-15-8-10-17(16)11-9-15/h1-6H,7-11H2/b2-1+. The molecule has 0 spiro atoms. The molecule has 0 atom stereocenters. The number of rotatable bonds is 3. The highest BCUT2D eigenvalue weighted by atomic mass is 32.2. The molecular weight excluding hydrogens is 237 g/mol. The quantitative estimate of drug-likeness (QED) is 0.820. The van der Waals surface area contributed by atoms with E-state index >= 15 is 0 Å². The molecule has 92 valence electrons. The smallest absolute Gasteiger partial charge is 0.123 e. The molecule has 1 aromatic carbocycles. The molecule has 1 aliphatic heterocycles. The predicted molar refractivity (Wildman–Crippen MR) is 69.8 cm³/mol. The van der Waals surface area contributed by atoms with Crippen molar-refractivity contribution in [3.05, 3.63) is 41.7 Å². The van der Waals surface area contributed by atoms with Gasteiger partial charge in [0, 0.05) is 41.9 Å². The van der Waals surface area contributed by atoms with Crippen molar-refractivity contribution in [3.63, 3.8) is 0 Å². The minimum Gasteiger partial charge on any atom is -0.298 e. The third kappa shape index (κ3) is 4.06. The summed E-state index contributed by atoms with van der Waals surface area (Å²) in [6.07, 6.45) is 4.06. The van der Waals surface area contributed by atoms with Crippen LogP contribution in [0.3, 0.4) is 0 Å². The van der Waals surface area contributed by atoms with Gasteiger partial charge in [0.2, 0.25) is 0 Å². The molecule has 2 rings (SSSR count). The minimum absolute atomic E-state index is 0.208. The van der Waals surface area contributed by atoms with E-state index in [-0.39, 0.29) is 5.82 Å². The molecular formula is C13H16FNOS. The lowest BCUT2D eigenvalue weighted by atomic mass is 10.2. The Morgan fingerprint density at radius 1 is 1.24 bits per heavy atom. The fourth-order valence-electron chi connectivity index (χ4n) is 1.77. The second-order valence-electron chi connectivity index (χ2n) is 4.10. The first-order valence-corrected chi connectivity index (χ1v) is 7.22. The second-order valence-corrected chi connectivity index (χ2v) is 5.80. The van der Waals surface area contributed by atoms with Crippen LogP contribution in [0.1, 0.15) is 5.56 Å². The first kappa shape index (κ1) is 12.5. The molecule has 0 N–H and O–H groups in total. The van der Waals surface area contributed by atoms with Crippen molar-refractivity contribution in [1.82, 2.24) is 4.90 Å². The van der Waals surface area contributed by atoms with Crippen molar-refractivity contribution in [2.24, 2.45) is 0 Å². The molecule has 0 unspecified atom stereocenters. The Labute approximate surface area is 104 Å². The molecule has 1 fully saturated rings. The van der Waals surface area contributed by atoms with E-state index in [9.17, 15) is 8.60 Å². The van der Waals surface area contributed by atoms with Gasteiger partial charge in [-0.15, -0.1) is 0 Å². The average molecular weight is 253 g/mol. The van der Waals surface area contributed by atoms with E-state index in [0.29, 0.717) is 0 Å². The van der Waals surface area contributed by atoms with E-state index in [1.807, 2.05) is 6.08 Å². The van der Waals surface area contributed by atoms with Gasteiger partial charge in [-0.1, -0.05) is 24.3 Å². The van der Waals surface area contributed by atoms with Gasteiger partial charge in [-0.05, 0) is 17.7 Å². The fourth-order valence-corrected chi connectivity index (χ4v) is 2.90. The maximum Gasteiger partial charge on any atom is 0.123 e. The summed E-state index contributed by atoms with van der Waals surface area (Å²) < 4.78 is 23.8. The van der Waals surface area contributed by atoms with Gasteiger partial charge in [0.05, 0.1) is 0 Å². The van der Waals surface area contributed by atoms with E-state index in [4.69, 9.17) is 0 Å². The molecule has 0 aromatic heterocycles. The van der Waals surface area contributed by atoms with Crippen LogP contribution in [0.4, 0.5) is 4.39 Å². The summed E-state index contributed by atoms with van der Waals surface area (Å²) in [5.74, 6) is 1.36. The van der Waals surface area contributed by atoms with Crippen LogP contribution in [0, 0.1) is 5.82 Å². The number of hydrogen-bond acceptors (Lipinski definition) is 2. The summed E-state index contributed by atoms with van der Waals surface area (Å²) in [7, 11) is -0.612. The van der Waals surface area contributed by atoms with E-state index in [0.717, 1.165) is 36.7 Å². The number of benzene rings is 1. The maximum atomic E-state index is 12.7. The highest BCUT2D eigenvalue weighted by Crippen LogP contribution is 2.05. The lowest BCUT2D eigenvalue weighted by Crippen LogP contribution is -2.37. The van der Waals surface area contributed by atoms with Crippen molar-refractivity contribution < 1.29 is 8.60 Å². The van der Waals surface area contributed by atoms with Gasteiger partial charge in [0.1, 0.15) is 5.82 Å². The van der Waals surface area contributed by atoms with Crippen LogP contribution >= 0.6 is 0 Å². The van der Waals surface area contributed by atoms with E-state index in [1.165, 1.54) is 12.1 Å². The van der Waals surface area contributed by atoms with Crippen molar-refractivity contribution in [2.45, 2.75) is 0 Å². The third-order valence-electron chi connectivity index (χ3n) is 2.81. The van der Waals surface area contributed by atoms with Crippen LogP contribution in [0.25, 0.3) is 6.08 Å². The van der Waals surface area contributed by atoms with Gasteiger partial charge in [-0.2, -0.15) is 0 Å². The normalized spacial score (nSPS) is 18.9. The maximum absolute atomic E-state index is 12.7. The van der Waals surface area contributed by atoms with Crippen LogP contribution in [-0.2, 0) is 10.8 Å². The Balaban J connectivity index is 1.81. The molecule has 0 saturated carbocycles. The average Bonchev–Trinajstić information content (AvgIpc) is 2.34. The van der Waals surface area contributed by atoms with E-state index < -0.39 is 10.8 Å². The summed E-state index contributed by atoms with van der Waals surface area (Å²) in [6.45, 7) is 2.68. The molecule has 4 heteroatoms. The van der Waals surface area contributed by atoms with Crippen LogP contribution in [0.2, 0.25) is 0 Å². The van der Waals surface area contributed by atoms with Crippen molar-refractivity contribution >= 4 is 16.9 Å². The second kappa shape index (κ2) is 6.07. The zero-order chi connectivity index (χ0) is 12.1. The zero-order valence-corrected chi connectivity index (χ0v) is 10.5. The van der Waals surface area contributed by atoms with Gasteiger partial charge >= 0.3 is 0 Å². The highest BCUT2D eigenvalue weighted by Gasteiger charge is 2.12.